The predicted molar refractivity (Wildman–Crippen MR) is 78.7 cm³/mol. The van der Waals surface area contributed by atoms with Gasteiger partial charge in [-0.3, -0.25) is 0 Å². The van der Waals surface area contributed by atoms with Gasteiger partial charge < -0.3 is 11.1 Å². The Kier molecular flexibility index (Phi) is 3.93. The van der Waals surface area contributed by atoms with E-state index in [4.69, 9.17) is 18.0 Å². The molecule has 0 aliphatic heterocycles. The number of aryl methyl sites for hydroxylation is 1. The average molecular weight is 280 g/mol. The van der Waals surface area contributed by atoms with Crippen molar-refractivity contribution in [2.45, 2.75) is 13.5 Å². The third kappa shape index (κ3) is 2.68. The van der Waals surface area contributed by atoms with Gasteiger partial charge in [0.15, 0.2) is 0 Å². The maximum absolute atomic E-state index is 13.6. The molecule has 1 aromatic carbocycles. The summed E-state index contributed by atoms with van der Waals surface area (Å²) in [6.45, 7) is 2.68. The molecule has 18 heavy (non-hydrogen) atoms. The second-order valence-electron chi connectivity index (χ2n) is 3.96. The molecule has 0 bridgehead atoms. The van der Waals surface area contributed by atoms with E-state index in [1.54, 1.807) is 23.5 Å². The molecule has 0 saturated carbocycles. The van der Waals surface area contributed by atoms with Gasteiger partial charge in [0.05, 0.1) is 5.56 Å². The molecule has 0 aliphatic rings. The number of nitrogens with two attached hydrogens (primary N) is 1. The van der Waals surface area contributed by atoms with Crippen LogP contribution in [0.2, 0.25) is 0 Å². The lowest BCUT2D eigenvalue weighted by molar-refractivity contribution is 0.626. The van der Waals surface area contributed by atoms with Crippen molar-refractivity contribution in [2.75, 3.05) is 5.32 Å². The smallest absolute Gasteiger partial charge is 0.135 e. The third-order valence-corrected chi connectivity index (χ3v) is 3.81. The number of thiocarbonyl (C=S) groups is 1. The maximum atomic E-state index is 13.6. The molecule has 0 saturated heterocycles. The van der Waals surface area contributed by atoms with Crippen LogP contribution in [0.1, 0.15) is 16.7 Å². The van der Waals surface area contributed by atoms with Crippen molar-refractivity contribution < 1.29 is 4.39 Å². The van der Waals surface area contributed by atoms with Crippen molar-refractivity contribution >= 4 is 34.2 Å². The highest BCUT2D eigenvalue weighted by Crippen LogP contribution is 2.21. The van der Waals surface area contributed by atoms with Crippen molar-refractivity contribution in [3.8, 4) is 0 Å². The topological polar surface area (TPSA) is 38.0 Å². The Bertz CT molecular complexity index is 578. The number of nitrogens with one attached hydrogen (secondary N) is 1. The van der Waals surface area contributed by atoms with E-state index in [0.717, 1.165) is 0 Å². The highest BCUT2D eigenvalue weighted by molar-refractivity contribution is 7.80. The molecule has 2 aromatic rings. The summed E-state index contributed by atoms with van der Waals surface area (Å²) in [6.07, 6.45) is 0. The van der Waals surface area contributed by atoms with E-state index in [1.807, 2.05) is 6.92 Å². The van der Waals surface area contributed by atoms with Gasteiger partial charge in [-0.25, -0.2) is 4.39 Å². The summed E-state index contributed by atoms with van der Waals surface area (Å²) in [4.78, 5) is 0.0673. The summed E-state index contributed by atoms with van der Waals surface area (Å²) in [6, 6.07) is 4.77. The summed E-state index contributed by atoms with van der Waals surface area (Å²) < 4.78 is 13.6. The minimum Gasteiger partial charge on any atom is -0.389 e. The SMILES string of the molecule is Cc1cscc1CNc1cccc(F)c1C(N)=S. The van der Waals surface area contributed by atoms with E-state index < -0.39 is 5.82 Å². The van der Waals surface area contributed by atoms with Gasteiger partial charge in [0.25, 0.3) is 0 Å². The molecule has 3 N–H and O–H groups in total. The normalized spacial score (nSPS) is 10.3. The fraction of sp³-hybridized carbons (Fsp3) is 0.154. The van der Waals surface area contributed by atoms with E-state index in [-0.39, 0.29) is 10.6 Å². The molecule has 0 amide bonds. The first-order valence-electron chi connectivity index (χ1n) is 5.43. The molecule has 0 fully saturated rings. The molecule has 0 atom stereocenters. The molecule has 0 unspecified atom stereocenters. The van der Waals surface area contributed by atoms with Crippen molar-refractivity contribution in [3.63, 3.8) is 0 Å². The van der Waals surface area contributed by atoms with Crippen LogP contribution in [0.4, 0.5) is 10.1 Å². The molecule has 0 aliphatic carbocycles. The van der Waals surface area contributed by atoms with Crippen molar-refractivity contribution in [2.24, 2.45) is 5.73 Å². The Morgan fingerprint density at radius 2 is 2.22 bits per heavy atom. The van der Waals surface area contributed by atoms with Crippen LogP contribution in [-0.2, 0) is 6.54 Å². The van der Waals surface area contributed by atoms with Crippen LogP contribution < -0.4 is 11.1 Å². The summed E-state index contributed by atoms with van der Waals surface area (Å²) >= 11 is 6.53. The number of rotatable bonds is 4. The van der Waals surface area contributed by atoms with Crippen molar-refractivity contribution in [1.82, 2.24) is 0 Å². The van der Waals surface area contributed by atoms with Crippen molar-refractivity contribution in [3.05, 3.63) is 51.5 Å². The fourth-order valence-corrected chi connectivity index (χ4v) is 2.74. The van der Waals surface area contributed by atoms with E-state index in [0.29, 0.717) is 12.2 Å². The lowest BCUT2D eigenvalue weighted by Gasteiger charge is -2.11. The Morgan fingerprint density at radius 3 is 2.83 bits per heavy atom. The van der Waals surface area contributed by atoms with E-state index in [2.05, 4.69) is 16.1 Å². The van der Waals surface area contributed by atoms with Crippen LogP contribution in [0.25, 0.3) is 0 Å². The maximum Gasteiger partial charge on any atom is 0.135 e. The molecular weight excluding hydrogens is 267 g/mol. The number of thiophene rings is 1. The molecule has 1 aromatic heterocycles. The monoisotopic (exact) mass is 280 g/mol. The molecular formula is C13H13FN2S2. The largest absolute Gasteiger partial charge is 0.389 e. The van der Waals surface area contributed by atoms with Crippen LogP contribution in [-0.4, -0.2) is 4.99 Å². The number of hydrogen-bond donors (Lipinski definition) is 2. The number of benzene rings is 1. The molecule has 2 rings (SSSR count). The Hall–Kier alpha value is -1.46. The Balaban J connectivity index is 2.22. The van der Waals surface area contributed by atoms with Crippen LogP contribution >= 0.6 is 23.6 Å². The lowest BCUT2D eigenvalue weighted by atomic mass is 10.1. The number of hydrogen-bond acceptors (Lipinski definition) is 3. The summed E-state index contributed by atoms with van der Waals surface area (Å²) in [5.74, 6) is -0.394. The van der Waals surface area contributed by atoms with Gasteiger partial charge in [-0.2, -0.15) is 11.3 Å². The molecule has 0 spiro atoms. The Labute approximate surface area is 115 Å². The zero-order valence-corrected chi connectivity index (χ0v) is 11.5. The number of anilines is 1. The van der Waals surface area contributed by atoms with Gasteiger partial charge in [-0.15, -0.1) is 0 Å². The minimum atomic E-state index is -0.394. The summed E-state index contributed by atoms with van der Waals surface area (Å²) in [5, 5.41) is 7.33. The standard InChI is InChI=1S/C13H13FN2S2/c1-8-6-18-7-9(8)5-16-11-4-2-3-10(14)12(11)13(15)17/h2-4,6-7,16H,5H2,1H3,(H2,15,17). The Morgan fingerprint density at radius 1 is 1.44 bits per heavy atom. The average Bonchev–Trinajstić information content (AvgIpc) is 2.71. The highest BCUT2D eigenvalue weighted by Gasteiger charge is 2.11. The van der Waals surface area contributed by atoms with Gasteiger partial charge in [-0.05, 0) is 40.9 Å². The van der Waals surface area contributed by atoms with Crippen LogP contribution in [0.3, 0.4) is 0 Å². The molecule has 5 heteroatoms. The van der Waals surface area contributed by atoms with Crippen LogP contribution in [0.5, 0.6) is 0 Å². The fourth-order valence-electron chi connectivity index (χ4n) is 1.68. The third-order valence-electron chi connectivity index (χ3n) is 2.69. The minimum absolute atomic E-state index is 0.0673. The van der Waals surface area contributed by atoms with Crippen LogP contribution in [0.15, 0.2) is 29.0 Å². The van der Waals surface area contributed by atoms with Gasteiger partial charge in [0.2, 0.25) is 0 Å². The second-order valence-corrected chi connectivity index (χ2v) is 5.14. The zero-order valence-electron chi connectivity index (χ0n) is 9.87. The summed E-state index contributed by atoms with van der Waals surface area (Å²) in [7, 11) is 0. The molecule has 2 nitrogen and oxygen atoms in total. The highest BCUT2D eigenvalue weighted by atomic mass is 32.1. The number of halogens is 1. The van der Waals surface area contributed by atoms with Gasteiger partial charge >= 0.3 is 0 Å². The molecule has 94 valence electrons. The lowest BCUT2D eigenvalue weighted by Crippen LogP contribution is -2.15. The first-order chi connectivity index (χ1) is 8.59. The second kappa shape index (κ2) is 5.46. The van der Waals surface area contributed by atoms with Gasteiger partial charge in [0, 0.05) is 12.2 Å². The van der Waals surface area contributed by atoms with Crippen molar-refractivity contribution in [1.29, 1.82) is 0 Å². The van der Waals surface area contributed by atoms with E-state index in [1.165, 1.54) is 17.2 Å². The molecule has 0 radical (unpaired) electrons. The zero-order chi connectivity index (χ0) is 13.1. The first kappa shape index (κ1) is 13.0. The predicted octanol–water partition coefficient (Wildman–Crippen LogP) is 3.44. The van der Waals surface area contributed by atoms with Gasteiger partial charge in [-0.1, -0.05) is 18.3 Å². The van der Waals surface area contributed by atoms with Gasteiger partial charge in [0.1, 0.15) is 10.8 Å². The van der Waals surface area contributed by atoms with E-state index >= 15 is 0 Å². The summed E-state index contributed by atoms with van der Waals surface area (Å²) in [5.41, 5.74) is 8.87. The quantitative estimate of drug-likeness (QED) is 0.843. The molecule has 1 heterocycles. The van der Waals surface area contributed by atoms with E-state index in [9.17, 15) is 4.39 Å². The van der Waals surface area contributed by atoms with Crippen LogP contribution in [0, 0.1) is 12.7 Å². The first-order valence-corrected chi connectivity index (χ1v) is 6.78.